The van der Waals surface area contributed by atoms with E-state index >= 15 is 0 Å². The molecule has 1 aliphatic heterocycles. The molecule has 1 aromatic rings. The largest absolute Gasteiger partial charge is 0.365 e. The minimum atomic E-state index is 0.0584. The van der Waals surface area contributed by atoms with Crippen molar-refractivity contribution in [3.8, 4) is 0 Å². The molecule has 1 aliphatic carbocycles. The highest BCUT2D eigenvalue weighted by molar-refractivity contribution is 5.95. The van der Waals surface area contributed by atoms with Gasteiger partial charge in [-0.15, -0.1) is 0 Å². The lowest BCUT2D eigenvalue weighted by molar-refractivity contribution is 0.0946. The minimum Gasteiger partial charge on any atom is -0.365 e. The van der Waals surface area contributed by atoms with Crippen LogP contribution in [0.1, 0.15) is 48.2 Å². The quantitative estimate of drug-likeness (QED) is 0.886. The Morgan fingerprint density at radius 2 is 2.20 bits per heavy atom. The smallest absolute Gasteiger partial charge is 0.253 e. The Bertz CT molecular complexity index is 462. The molecular formula is C16H25N3O. The number of rotatable bonds is 4. The highest BCUT2D eigenvalue weighted by Crippen LogP contribution is 2.28. The van der Waals surface area contributed by atoms with Crippen molar-refractivity contribution in [1.29, 1.82) is 0 Å². The fourth-order valence-electron chi connectivity index (χ4n) is 3.66. The van der Waals surface area contributed by atoms with Gasteiger partial charge in [-0.2, -0.15) is 0 Å². The van der Waals surface area contributed by atoms with E-state index in [-0.39, 0.29) is 5.91 Å². The van der Waals surface area contributed by atoms with Gasteiger partial charge in [0.05, 0.1) is 5.56 Å². The zero-order valence-corrected chi connectivity index (χ0v) is 12.3. The van der Waals surface area contributed by atoms with E-state index < -0.39 is 0 Å². The number of aryl methyl sites for hydroxylation is 1. The van der Waals surface area contributed by atoms with E-state index in [1.54, 1.807) is 0 Å². The third-order valence-electron chi connectivity index (χ3n) is 4.91. The molecular weight excluding hydrogens is 250 g/mol. The topological polar surface area (TPSA) is 48.1 Å². The number of hydrogen-bond donors (Lipinski definition) is 2. The number of aromatic nitrogens is 1. The summed E-state index contributed by atoms with van der Waals surface area (Å²) in [7, 11) is 0. The molecule has 0 radical (unpaired) electrons. The molecule has 2 N–H and O–H groups in total. The fraction of sp³-hybridized carbons (Fsp3) is 0.688. The van der Waals surface area contributed by atoms with Crippen molar-refractivity contribution >= 4 is 5.91 Å². The van der Waals surface area contributed by atoms with Crippen LogP contribution >= 0.6 is 0 Å². The van der Waals surface area contributed by atoms with Crippen molar-refractivity contribution in [3.63, 3.8) is 0 Å². The van der Waals surface area contributed by atoms with Crippen LogP contribution < -0.4 is 5.32 Å². The molecule has 0 spiro atoms. The maximum atomic E-state index is 12.1. The van der Waals surface area contributed by atoms with Gasteiger partial charge >= 0.3 is 0 Å². The third kappa shape index (κ3) is 2.90. The van der Waals surface area contributed by atoms with Crippen LogP contribution in [0.3, 0.4) is 0 Å². The predicted molar refractivity (Wildman–Crippen MR) is 79.8 cm³/mol. The first-order chi connectivity index (χ1) is 9.74. The summed E-state index contributed by atoms with van der Waals surface area (Å²) in [4.78, 5) is 17.8. The lowest BCUT2D eigenvalue weighted by Gasteiger charge is -2.23. The van der Waals surface area contributed by atoms with Crippen LogP contribution in [0.2, 0.25) is 0 Å². The Balaban J connectivity index is 1.45. The predicted octanol–water partition coefficient (Wildman–Crippen LogP) is 2.32. The molecule has 0 unspecified atom stereocenters. The maximum absolute atomic E-state index is 12.1. The van der Waals surface area contributed by atoms with E-state index in [1.807, 2.05) is 19.2 Å². The Hall–Kier alpha value is -1.29. The van der Waals surface area contributed by atoms with Crippen LogP contribution in [0.25, 0.3) is 0 Å². The summed E-state index contributed by atoms with van der Waals surface area (Å²) in [5.74, 6) is 0.682. The Morgan fingerprint density at radius 3 is 2.90 bits per heavy atom. The fourth-order valence-corrected chi connectivity index (χ4v) is 3.66. The molecule has 20 heavy (non-hydrogen) atoms. The molecule has 3 rings (SSSR count). The Kier molecular flexibility index (Phi) is 4.10. The van der Waals surface area contributed by atoms with Crippen LogP contribution in [0.4, 0.5) is 0 Å². The SMILES string of the molecule is Cc1[nH]ccc1C(=O)NC[C@H]1CCN(C2CCCC2)C1. The Labute approximate surface area is 120 Å². The van der Waals surface area contributed by atoms with Crippen molar-refractivity contribution in [3.05, 3.63) is 23.5 Å². The van der Waals surface area contributed by atoms with Gasteiger partial charge in [-0.05, 0) is 44.7 Å². The molecule has 1 amide bonds. The zero-order valence-electron chi connectivity index (χ0n) is 12.3. The number of nitrogens with zero attached hydrogens (tertiary/aromatic N) is 1. The van der Waals surface area contributed by atoms with Crippen LogP contribution in [0.15, 0.2) is 12.3 Å². The second-order valence-electron chi connectivity index (χ2n) is 6.31. The molecule has 0 aromatic carbocycles. The van der Waals surface area contributed by atoms with Gasteiger partial charge in [0.2, 0.25) is 0 Å². The highest BCUT2D eigenvalue weighted by Gasteiger charge is 2.29. The van der Waals surface area contributed by atoms with Crippen LogP contribution in [-0.2, 0) is 0 Å². The summed E-state index contributed by atoms with van der Waals surface area (Å²) in [6.07, 6.45) is 8.60. The Morgan fingerprint density at radius 1 is 1.40 bits per heavy atom. The van der Waals surface area contributed by atoms with Gasteiger partial charge in [0.15, 0.2) is 0 Å². The summed E-state index contributed by atoms with van der Waals surface area (Å²) in [5, 5.41) is 3.09. The van der Waals surface area contributed by atoms with Gasteiger partial charge in [-0.25, -0.2) is 0 Å². The van der Waals surface area contributed by atoms with Gasteiger partial charge < -0.3 is 15.2 Å². The summed E-state index contributed by atoms with van der Waals surface area (Å²) in [6, 6.07) is 2.67. The second-order valence-corrected chi connectivity index (χ2v) is 6.31. The zero-order chi connectivity index (χ0) is 13.9. The van der Waals surface area contributed by atoms with E-state index in [2.05, 4.69) is 15.2 Å². The summed E-state index contributed by atoms with van der Waals surface area (Å²) in [5.41, 5.74) is 1.72. The number of carbonyl (C=O) groups excluding carboxylic acids is 1. The first-order valence-electron chi connectivity index (χ1n) is 7.90. The first kappa shape index (κ1) is 13.7. The number of hydrogen-bond acceptors (Lipinski definition) is 2. The van der Waals surface area contributed by atoms with Gasteiger partial charge in [-0.3, -0.25) is 4.79 Å². The van der Waals surface area contributed by atoms with Gasteiger partial charge in [-0.1, -0.05) is 12.8 Å². The number of aromatic amines is 1. The average Bonchev–Trinajstić information content (AvgIpc) is 3.16. The number of nitrogens with one attached hydrogen (secondary N) is 2. The molecule has 4 heteroatoms. The monoisotopic (exact) mass is 275 g/mol. The van der Waals surface area contributed by atoms with Crippen LogP contribution in [0.5, 0.6) is 0 Å². The van der Waals surface area contributed by atoms with Crippen molar-refractivity contribution in [2.24, 2.45) is 5.92 Å². The van der Waals surface area contributed by atoms with Gasteiger partial charge in [0.1, 0.15) is 0 Å². The van der Waals surface area contributed by atoms with Crippen molar-refractivity contribution < 1.29 is 4.79 Å². The molecule has 1 atom stereocenters. The molecule has 1 aromatic heterocycles. The van der Waals surface area contributed by atoms with Gasteiger partial charge in [0, 0.05) is 31.0 Å². The number of amides is 1. The van der Waals surface area contributed by atoms with E-state index in [0.29, 0.717) is 5.92 Å². The highest BCUT2D eigenvalue weighted by atomic mass is 16.1. The number of likely N-dealkylation sites (tertiary alicyclic amines) is 1. The number of carbonyl (C=O) groups is 1. The third-order valence-corrected chi connectivity index (χ3v) is 4.91. The molecule has 2 fully saturated rings. The summed E-state index contributed by atoms with van der Waals surface area (Å²) >= 11 is 0. The maximum Gasteiger partial charge on any atom is 0.253 e. The minimum absolute atomic E-state index is 0.0584. The van der Waals surface area contributed by atoms with Crippen LogP contribution in [0, 0.1) is 12.8 Å². The lowest BCUT2D eigenvalue weighted by Crippen LogP contribution is -2.34. The summed E-state index contributed by atoms with van der Waals surface area (Å²) < 4.78 is 0. The standard InChI is InChI=1S/C16H25N3O/c1-12-15(6-8-17-12)16(20)18-10-13-7-9-19(11-13)14-4-2-3-5-14/h6,8,13-14,17H,2-5,7,9-11H2,1H3,(H,18,20)/t13-/m1/s1. The average molecular weight is 275 g/mol. The van der Waals surface area contributed by atoms with E-state index in [9.17, 15) is 4.79 Å². The summed E-state index contributed by atoms with van der Waals surface area (Å²) in [6.45, 7) is 5.13. The first-order valence-corrected chi connectivity index (χ1v) is 7.90. The molecule has 2 aliphatic rings. The van der Waals surface area contributed by atoms with E-state index in [4.69, 9.17) is 0 Å². The number of H-pyrrole nitrogens is 1. The normalized spacial score (nSPS) is 24.4. The van der Waals surface area contributed by atoms with Crippen molar-refractivity contribution in [2.45, 2.75) is 45.1 Å². The molecule has 1 saturated heterocycles. The lowest BCUT2D eigenvalue weighted by atomic mass is 10.1. The second kappa shape index (κ2) is 6.00. The van der Waals surface area contributed by atoms with Gasteiger partial charge in [0.25, 0.3) is 5.91 Å². The van der Waals surface area contributed by atoms with Crippen molar-refractivity contribution in [1.82, 2.24) is 15.2 Å². The molecule has 1 saturated carbocycles. The van der Waals surface area contributed by atoms with Crippen LogP contribution in [-0.4, -0.2) is 41.5 Å². The molecule has 4 nitrogen and oxygen atoms in total. The van der Waals surface area contributed by atoms with E-state index in [1.165, 1.54) is 38.6 Å². The van der Waals surface area contributed by atoms with Crippen molar-refractivity contribution in [2.75, 3.05) is 19.6 Å². The molecule has 110 valence electrons. The van der Waals surface area contributed by atoms with E-state index in [0.717, 1.165) is 30.4 Å². The molecule has 2 heterocycles. The molecule has 0 bridgehead atoms.